The molecule has 0 amide bonds. The zero-order valence-corrected chi connectivity index (χ0v) is 12.9. The summed E-state index contributed by atoms with van der Waals surface area (Å²) in [4.78, 5) is 0. The standard InChI is InChI=1S/C19H24N/c1-6-20-18(14(2)3)12-17(13-19(20)15(4)5)16-10-8-7-9-11-16/h6-15H,1H2,2-5H3/q+1. The molecular formula is C19H24N+. The van der Waals surface area contributed by atoms with Crippen molar-refractivity contribution < 1.29 is 4.57 Å². The largest absolute Gasteiger partial charge is 0.190 e. The summed E-state index contributed by atoms with van der Waals surface area (Å²) in [6, 6.07) is 15.1. The van der Waals surface area contributed by atoms with Crippen molar-refractivity contribution in [3.8, 4) is 11.1 Å². The van der Waals surface area contributed by atoms with Crippen LogP contribution in [0, 0.1) is 0 Å². The van der Waals surface area contributed by atoms with Crippen LogP contribution in [-0.2, 0) is 0 Å². The van der Waals surface area contributed by atoms with Crippen molar-refractivity contribution in [1.29, 1.82) is 0 Å². The summed E-state index contributed by atoms with van der Waals surface area (Å²) in [5.41, 5.74) is 5.18. The van der Waals surface area contributed by atoms with Gasteiger partial charge in [-0.2, -0.15) is 4.57 Å². The first-order valence-electron chi connectivity index (χ1n) is 7.32. The molecule has 0 N–H and O–H groups in total. The lowest BCUT2D eigenvalue weighted by Gasteiger charge is -2.13. The average Bonchev–Trinajstić information content (AvgIpc) is 2.46. The summed E-state index contributed by atoms with van der Waals surface area (Å²) in [6.45, 7) is 12.9. The molecule has 2 aromatic rings. The van der Waals surface area contributed by atoms with Crippen LogP contribution in [0.4, 0.5) is 0 Å². The molecular weight excluding hydrogens is 242 g/mol. The summed E-state index contributed by atoms with van der Waals surface area (Å²) < 4.78 is 2.24. The van der Waals surface area contributed by atoms with Crippen molar-refractivity contribution >= 4 is 6.20 Å². The van der Waals surface area contributed by atoms with Crippen LogP contribution in [0.2, 0.25) is 0 Å². The third-order valence-electron chi connectivity index (χ3n) is 3.64. The topological polar surface area (TPSA) is 3.88 Å². The summed E-state index contributed by atoms with van der Waals surface area (Å²) in [5.74, 6) is 0.934. The molecule has 0 aliphatic rings. The lowest BCUT2D eigenvalue weighted by molar-refractivity contribution is -0.588. The molecule has 0 radical (unpaired) electrons. The zero-order valence-electron chi connectivity index (χ0n) is 12.9. The second-order valence-corrected chi connectivity index (χ2v) is 5.82. The zero-order chi connectivity index (χ0) is 14.7. The highest BCUT2D eigenvalue weighted by molar-refractivity contribution is 5.63. The van der Waals surface area contributed by atoms with Gasteiger partial charge in [-0.05, 0) is 17.7 Å². The Kier molecular flexibility index (Phi) is 4.39. The lowest BCUT2D eigenvalue weighted by atomic mass is 9.97. The molecule has 0 atom stereocenters. The van der Waals surface area contributed by atoms with Crippen LogP contribution in [0.1, 0.15) is 50.9 Å². The minimum absolute atomic E-state index is 0.467. The van der Waals surface area contributed by atoms with Crippen molar-refractivity contribution in [3.63, 3.8) is 0 Å². The number of hydrogen-bond donors (Lipinski definition) is 0. The SMILES string of the molecule is C=C[n+]1c(C(C)C)cc(-c2ccccc2)cc1C(C)C. The van der Waals surface area contributed by atoms with Gasteiger partial charge in [0.25, 0.3) is 0 Å². The van der Waals surface area contributed by atoms with Crippen molar-refractivity contribution in [1.82, 2.24) is 0 Å². The van der Waals surface area contributed by atoms with Gasteiger partial charge < -0.3 is 0 Å². The van der Waals surface area contributed by atoms with Crippen LogP contribution in [0.25, 0.3) is 17.3 Å². The Morgan fingerprint density at radius 2 is 1.35 bits per heavy atom. The van der Waals surface area contributed by atoms with E-state index in [0.29, 0.717) is 11.8 Å². The van der Waals surface area contributed by atoms with Crippen LogP contribution in [-0.4, -0.2) is 0 Å². The summed E-state index contributed by atoms with van der Waals surface area (Å²) >= 11 is 0. The normalized spacial score (nSPS) is 11.1. The minimum atomic E-state index is 0.467. The molecule has 104 valence electrons. The number of nitrogens with zero attached hydrogens (tertiary/aromatic N) is 1. The molecule has 0 saturated heterocycles. The smallest absolute Gasteiger partial charge is 0.168 e. The fourth-order valence-corrected chi connectivity index (χ4v) is 2.55. The molecule has 0 bridgehead atoms. The fourth-order valence-electron chi connectivity index (χ4n) is 2.55. The van der Waals surface area contributed by atoms with Crippen molar-refractivity contribution in [2.45, 2.75) is 39.5 Å². The predicted molar refractivity (Wildman–Crippen MR) is 86.6 cm³/mol. The predicted octanol–water partition coefficient (Wildman–Crippen LogP) is 4.99. The average molecular weight is 266 g/mol. The van der Waals surface area contributed by atoms with E-state index in [1.165, 1.54) is 22.5 Å². The van der Waals surface area contributed by atoms with E-state index in [4.69, 9.17) is 0 Å². The first-order chi connectivity index (χ1) is 9.54. The molecule has 0 unspecified atom stereocenters. The van der Waals surface area contributed by atoms with Crippen molar-refractivity contribution in [2.75, 3.05) is 0 Å². The van der Waals surface area contributed by atoms with Gasteiger partial charge in [0.2, 0.25) is 0 Å². The summed E-state index contributed by atoms with van der Waals surface area (Å²) in [6.07, 6.45) is 1.93. The first-order valence-corrected chi connectivity index (χ1v) is 7.32. The second kappa shape index (κ2) is 6.04. The van der Waals surface area contributed by atoms with Crippen LogP contribution >= 0.6 is 0 Å². The maximum absolute atomic E-state index is 3.98. The Balaban J connectivity index is 2.69. The van der Waals surface area contributed by atoms with Gasteiger partial charge in [0, 0.05) is 24.0 Å². The Labute approximate surface area is 122 Å². The van der Waals surface area contributed by atoms with E-state index in [1.807, 2.05) is 6.20 Å². The Morgan fingerprint density at radius 3 is 1.75 bits per heavy atom. The number of benzene rings is 1. The molecule has 0 aliphatic carbocycles. The van der Waals surface area contributed by atoms with E-state index in [2.05, 4.69) is 81.3 Å². The molecule has 0 spiro atoms. The number of hydrogen-bond acceptors (Lipinski definition) is 0. The van der Waals surface area contributed by atoms with E-state index in [9.17, 15) is 0 Å². The highest BCUT2D eigenvalue weighted by Crippen LogP contribution is 2.25. The van der Waals surface area contributed by atoms with Crippen molar-refractivity contribution in [2.24, 2.45) is 0 Å². The fraction of sp³-hybridized carbons (Fsp3) is 0.316. The van der Waals surface area contributed by atoms with E-state index in [0.717, 1.165) is 0 Å². The number of pyridine rings is 1. The maximum Gasteiger partial charge on any atom is 0.190 e. The van der Waals surface area contributed by atoms with E-state index in [-0.39, 0.29) is 0 Å². The van der Waals surface area contributed by atoms with Crippen LogP contribution in [0.3, 0.4) is 0 Å². The van der Waals surface area contributed by atoms with Crippen LogP contribution < -0.4 is 4.57 Å². The second-order valence-electron chi connectivity index (χ2n) is 5.82. The van der Waals surface area contributed by atoms with Gasteiger partial charge in [0.05, 0.1) is 0 Å². The van der Waals surface area contributed by atoms with Crippen molar-refractivity contribution in [3.05, 3.63) is 60.4 Å². The molecule has 0 fully saturated rings. The Bertz CT molecular complexity index is 565. The minimum Gasteiger partial charge on any atom is -0.168 e. The third kappa shape index (κ3) is 2.82. The van der Waals surface area contributed by atoms with Gasteiger partial charge >= 0.3 is 0 Å². The lowest BCUT2D eigenvalue weighted by Crippen LogP contribution is -2.37. The Morgan fingerprint density at radius 1 is 0.850 bits per heavy atom. The van der Waals surface area contributed by atoms with E-state index in [1.54, 1.807) is 0 Å². The third-order valence-corrected chi connectivity index (χ3v) is 3.64. The molecule has 1 heterocycles. The molecule has 2 rings (SSSR count). The molecule has 0 aliphatic heterocycles. The first kappa shape index (κ1) is 14.5. The van der Waals surface area contributed by atoms with Gasteiger partial charge in [-0.3, -0.25) is 0 Å². The maximum atomic E-state index is 3.98. The Hall–Kier alpha value is -1.89. The van der Waals surface area contributed by atoms with Gasteiger partial charge in [-0.25, -0.2) is 0 Å². The van der Waals surface area contributed by atoms with E-state index < -0.39 is 0 Å². The number of aromatic nitrogens is 1. The van der Waals surface area contributed by atoms with Crippen LogP contribution in [0.15, 0.2) is 49.0 Å². The van der Waals surface area contributed by atoms with Gasteiger partial charge in [0.15, 0.2) is 17.6 Å². The highest BCUT2D eigenvalue weighted by Gasteiger charge is 2.22. The molecule has 0 saturated carbocycles. The quantitative estimate of drug-likeness (QED) is 0.686. The molecule has 20 heavy (non-hydrogen) atoms. The van der Waals surface area contributed by atoms with E-state index >= 15 is 0 Å². The number of rotatable bonds is 4. The van der Waals surface area contributed by atoms with Gasteiger partial charge in [0.1, 0.15) is 0 Å². The monoisotopic (exact) mass is 266 g/mol. The summed E-state index contributed by atoms with van der Waals surface area (Å²) in [7, 11) is 0. The molecule has 1 aromatic carbocycles. The summed E-state index contributed by atoms with van der Waals surface area (Å²) in [5, 5.41) is 0. The highest BCUT2D eigenvalue weighted by atomic mass is 15.0. The van der Waals surface area contributed by atoms with Crippen LogP contribution in [0.5, 0.6) is 0 Å². The molecule has 1 nitrogen and oxygen atoms in total. The molecule has 1 heteroatoms. The molecule has 1 aromatic heterocycles. The van der Waals surface area contributed by atoms with Gasteiger partial charge in [-0.1, -0.05) is 58.0 Å². The van der Waals surface area contributed by atoms with Gasteiger partial charge in [-0.15, -0.1) is 0 Å².